The van der Waals surface area contributed by atoms with E-state index in [0.717, 1.165) is 64.6 Å². The number of carbonyl (C=O) groups is 2. The fourth-order valence-electron chi connectivity index (χ4n) is 8.77. The van der Waals surface area contributed by atoms with Gasteiger partial charge < -0.3 is 19.2 Å². The maximum atomic E-state index is 14.6. The van der Waals surface area contributed by atoms with Crippen LogP contribution in [0.3, 0.4) is 0 Å². The Bertz CT molecular complexity index is 2250. The number of aromatic nitrogens is 3. The third kappa shape index (κ3) is 6.60. The van der Waals surface area contributed by atoms with Crippen molar-refractivity contribution in [1.82, 2.24) is 28.0 Å². The molecular weight excluding hydrogens is 689 g/mol. The zero-order chi connectivity index (χ0) is 36.9. The Balaban J connectivity index is 1.16. The second kappa shape index (κ2) is 14.3. The predicted octanol–water partition coefficient (Wildman–Crippen LogP) is 6.52. The van der Waals surface area contributed by atoms with Crippen molar-refractivity contribution in [2.24, 2.45) is 5.41 Å². The van der Waals surface area contributed by atoms with Crippen LogP contribution in [0, 0.1) is 5.41 Å². The first-order valence-electron chi connectivity index (χ1n) is 18.9. The molecule has 2 saturated carbocycles. The van der Waals surface area contributed by atoms with Gasteiger partial charge in [-0.25, -0.2) is 13.3 Å². The number of para-hydroxylation sites is 2. The summed E-state index contributed by atoms with van der Waals surface area (Å²) in [6.07, 6.45) is 8.74. The number of ether oxygens (including phenoxy) is 1. The molecule has 3 fully saturated rings. The summed E-state index contributed by atoms with van der Waals surface area (Å²) in [5, 5.41) is 1.10. The number of H-pyrrole nitrogens is 1. The minimum absolute atomic E-state index is 0.0253. The van der Waals surface area contributed by atoms with Crippen molar-refractivity contribution in [2.75, 3.05) is 34.3 Å². The van der Waals surface area contributed by atoms with Crippen molar-refractivity contribution in [1.29, 1.82) is 0 Å². The molecule has 3 aromatic carbocycles. The average molecular weight is 737 g/mol. The highest BCUT2D eigenvalue weighted by molar-refractivity contribution is 7.81. The molecule has 278 valence electrons. The van der Waals surface area contributed by atoms with Crippen LogP contribution in [-0.2, 0) is 22.5 Å². The van der Waals surface area contributed by atoms with E-state index in [1.807, 2.05) is 58.0 Å². The number of likely N-dealkylation sites (tertiary alicyclic amines) is 1. The van der Waals surface area contributed by atoms with Crippen LogP contribution in [0.25, 0.3) is 33.2 Å². The molecule has 1 unspecified atom stereocenters. The molecule has 53 heavy (non-hydrogen) atoms. The maximum absolute atomic E-state index is 14.6. The number of benzene rings is 3. The SMILES string of the molecule is COc1ccc(-c2c(C3CCCCC3)c3ccc(C(=O)NS(=O)N(C)C)cc3n2CC2(C(=O)N3CCC(n4c(=O)[nH]c5ccccc54)CC3)CC2)cc1. The number of methoxy groups -OCH3 is 1. The highest BCUT2D eigenvalue weighted by atomic mass is 32.2. The molecule has 0 radical (unpaired) electrons. The number of hydrogen-bond donors (Lipinski definition) is 2. The van der Waals surface area contributed by atoms with E-state index in [1.165, 1.54) is 29.1 Å². The third-order valence-electron chi connectivity index (χ3n) is 11.8. The van der Waals surface area contributed by atoms with E-state index >= 15 is 0 Å². The number of carbonyl (C=O) groups excluding carboxylic acids is 2. The topological polar surface area (TPSA) is 122 Å². The molecule has 1 atom stereocenters. The van der Waals surface area contributed by atoms with Crippen molar-refractivity contribution < 1.29 is 18.5 Å². The van der Waals surface area contributed by atoms with Crippen LogP contribution in [0.1, 0.15) is 85.7 Å². The second-order valence-electron chi connectivity index (χ2n) is 15.3. The first-order chi connectivity index (χ1) is 25.7. The molecule has 2 aromatic heterocycles. The first kappa shape index (κ1) is 35.4. The zero-order valence-corrected chi connectivity index (χ0v) is 31.5. The number of fused-ring (bicyclic) bond motifs is 2. The minimum atomic E-state index is -1.67. The Morgan fingerprint density at radius 1 is 0.943 bits per heavy atom. The van der Waals surface area contributed by atoms with Crippen molar-refractivity contribution in [3.63, 3.8) is 0 Å². The number of hydrogen-bond acceptors (Lipinski definition) is 5. The van der Waals surface area contributed by atoms with Gasteiger partial charge in [0, 0.05) is 56.2 Å². The number of amides is 2. The van der Waals surface area contributed by atoms with E-state index in [2.05, 4.69) is 32.5 Å². The molecule has 2 amide bonds. The molecule has 11 nitrogen and oxygen atoms in total. The van der Waals surface area contributed by atoms with E-state index in [1.54, 1.807) is 21.2 Å². The fraction of sp³-hybridized carbons (Fsp3) is 0.439. The molecule has 2 N–H and O–H groups in total. The van der Waals surface area contributed by atoms with Crippen LogP contribution >= 0.6 is 0 Å². The van der Waals surface area contributed by atoms with Gasteiger partial charge in [0.25, 0.3) is 5.91 Å². The maximum Gasteiger partial charge on any atom is 0.326 e. The van der Waals surface area contributed by atoms with Gasteiger partial charge in [-0.1, -0.05) is 37.5 Å². The standard InChI is InChI=1S/C41H48N6O5S/c1-44(2)53(51)43-38(48)29-15-18-32-35(25-29)46(37(28-13-16-31(52-3)17-14-28)36(32)27-9-5-4-6-10-27)26-41(21-22-41)39(49)45-23-19-30(20-24-45)47-34-12-8-7-11-33(34)42-40(47)50/h7-8,11-18,25,27,30H,4-6,9-10,19-24,26H2,1-3H3,(H,42,50)(H,43,48). The molecule has 1 aliphatic heterocycles. The van der Waals surface area contributed by atoms with Crippen molar-refractivity contribution >= 4 is 44.9 Å². The Morgan fingerprint density at radius 2 is 1.66 bits per heavy atom. The summed E-state index contributed by atoms with van der Waals surface area (Å²) in [7, 11) is 4.97. The summed E-state index contributed by atoms with van der Waals surface area (Å²) in [6, 6.07) is 21.8. The first-order valence-corrected chi connectivity index (χ1v) is 20.0. The van der Waals surface area contributed by atoms with Crippen LogP contribution in [-0.4, -0.2) is 73.6 Å². The van der Waals surface area contributed by atoms with E-state index in [9.17, 15) is 18.6 Å². The number of aromatic amines is 1. The monoisotopic (exact) mass is 736 g/mol. The van der Waals surface area contributed by atoms with E-state index in [0.29, 0.717) is 44.0 Å². The van der Waals surface area contributed by atoms with Gasteiger partial charge in [-0.05, 0) is 104 Å². The molecule has 0 spiro atoms. The molecule has 5 aromatic rings. The Labute approximate surface area is 312 Å². The van der Waals surface area contributed by atoms with Gasteiger partial charge in [-0.3, -0.25) is 18.9 Å². The highest BCUT2D eigenvalue weighted by Gasteiger charge is 2.53. The van der Waals surface area contributed by atoms with Crippen molar-refractivity contribution in [2.45, 2.75) is 76.3 Å². The number of nitrogens with one attached hydrogen (secondary N) is 2. The van der Waals surface area contributed by atoms with E-state index in [4.69, 9.17) is 4.74 Å². The summed E-state index contributed by atoms with van der Waals surface area (Å²) >= 11 is -1.67. The van der Waals surface area contributed by atoms with Gasteiger partial charge in [0.15, 0.2) is 11.2 Å². The van der Waals surface area contributed by atoms with E-state index < -0.39 is 22.5 Å². The summed E-state index contributed by atoms with van der Waals surface area (Å²) in [6.45, 7) is 1.68. The Morgan fingerprint density at radius 3 is 2.34 bits per heavy atom. The van der Waals surface area contributed by atoms with E-state index in [-0.39, 0.29) is 17.6 Å². The molecule has 3 heterocycles. The van der Waals surface area contributed by atoms with Crippen LogP contribution < -0.4 is 15.1 Å². The lowest BCUT2D eigenvalue weighted by molar-refractivity contribution is -0.138. The average Bonchev–Trinajstić information content (AvgIpc) is 3.80. The van der Waals surface area contributed by atoms with Gasteiger partial charge in [-0.15, -0.1) is 0 Å². The number of imidazole rings is 1. The molecule has 0 bridgehead atoms. The van der Waals surface area contributed by atoms with Crippen LogP contribution in [0.5, 0.6) is 5.75 Å². The second-order valence-corrected chi connectivity index (χ2v) is 16.7. The Hall–Kier alpha value is -4.68. The summed E-state index contributed by atoms with van der Waals surface area (Å²) in [4.78, 5) is 46.0. The molecule has 2 aliphatic carbocycles. The quantitative estimate of drug-likeness (QED) is 0.169. The molecule has 12 heteroatoms. The summed E-state index contributed by atoms with van der Waals surface area (Å²) in [5.41, 5.74) is 5.84. The number of rotatable bonds is 10. The van der Waals surface area contributed by atoms with Crippen LogP contribution in [0.15, 0.2) is 71.5 Å². The zero-order valence-electron chi connectivity index (χ0n) is 30.7. The highest BCUT2D eigenvalue weighted by Crippen LogP contribution is 2.52. The van der Waals surface area contributed by atoms with Crippen molar-refractivity contribution in [3.8, 4) is 17.0 Å². The molecular formula is C41H48N6O5S. The lowest BCUT2D eigenvalue weighted by Gasteiger charge is -2.35. The van der Waals surface area contributed by atoms with Gasteiger partial charge in [0.2, 0.25) is 5.91 Å². The Kier molecular flexibility index (Phi) is 9.53. The molecule has 8 rings (SSSR count). The van der Waals surface area contributed by atoms with Crippen LogP contribution in [0.4, 0.5) is 0 Å². The normalized spacial score (nSPS) is 18.5. The van der Waals surface area contributed by atoms with Gasteiger partial charge in [-0.2, -0.15) is 0 Å². The van der Waals surface area contributed by atoms with Crippen molar-refractivity contribution in [3.05, 3.63) is 88.3 Å². The minimum Gasteiger partial charge on any atom is -0.497 e. The molecule has 1 saturated heterocycles. The fourth-order valence-corrected chi connectivity index (χ4v) is 9.23. The largest absolute Gasteiger partial charge is 0.497 e. The number of piperidine rings is 1. The van der Waals surface area contributed by atoms with Gasteiger partial charge in [0.05, 0.1) is 29.3 Å². The lowest BCUT2D eigenvalue weighted by Crippen LogP contribution is -2.44. The lowest BCUT2D eigenvalue weighted by atomic mass is 9.81. The van der Waals surface area contributed by atoms with Crippen LogP contribution in [0.2, 0.25) is 0 Å². The third-order valence-corrected chi connectivity index (χ3v) is 12.8. The summed E-state index contributed by atoms with van der Waals surface area (Å²) < 4.78 is 26.3. The molecule has 3 aliphatic rings. The predicted molar refractivity (Wildman–Crippen MR) is 208 cm³/mol. The van der Waals surface area contributed by atoms with Gasteiger partial charge >= 0.3 is 5.69 Å². The van der Waals surface area contributed by atoms with Gasteiger partial charge in [0.1, 0.15) is 5.75 Å². The smallest absolute Gasteiger partial charge is 0.326 e. The number of nitrogens with zero attached hydrogens (tertiary/aromatic N) is 4. The summed E-state index contributed by atoms with van der Waals surface area (Å²) in [5.74, 6) is 0.879.